The average Bonchev–Trinajstić information content (AvgIpc) is 2.42. The third kappa shape index (κ3) is 4.16. The summed E-state index contributed by atoms with van der Waals surface area (Å²) in [7, 11) is 1.98. The smallest absolute Gasteiger partial charge is 0.123 e. The van der Waals surface area contributed by atoms with Gasteiger partial charge in [-0.25, -0.2) is 4.39 Å². The molecule has 0 bridgehead atoms. The molecule has 1 heterocycles. The van der Waals surface area contributed by atoms with Gasteiger partial charge in [-0.2, -0.15) is 0 Å². The minimum atomic E-state index is -0.205. The van der Waals surface area contributed by atoms with E-state index in [-0.39, 0.29) is 5.82 Å². The Bertz CT molecular complexity index is 411. The number of halogens is 2. The van der Waals surface area contributed by atoms with Crippen molar-refractivity contribution in [1.82, 2.24) is 10.2 Å². The van der Waals surface area contributed by atoms with Gasteiger partial charge in [0.15, 0.2) is 0 Å². The highest BCUT2D eigenvalue weighted by Crippen LogP contribution is 2.25. The molecule has 0 radical (unpaired) electrons. The van der Waals surface area contributed by atoms with E-state index in [1.807, 2.05) is 7.05 Å². The van der Waals surface area contributed by atoms with E-state index >= 15 is 0 Å². The van der Waals surface area contributed by atoms with Gasteiger partial charge in [0.1, 0.15) is 5.82 Å². The van der Waals surface area contributed by atoms with Crippen LogP contribution in [-0.2, 0) is 6.54 Å². The highest BCUT2D eigenvalue weighted by Gasteiger charge is 2.22. The van der Waals surface area contributed by atoms with Gasteiger partial charge >= 0.3 is 0 Å². The summed E-state index contributed by atoms with van der Waals surface area (Å²) < 4.78 is 13.3. The van der Waals surface area contributed by atoms with Crippen LogP contribution in [0, 0.1) is 5.82 Å². The van der Waals surface area contributed by atoms with Gasteiger partial charge in [-0.05, 0) is 63.2 Å². The number of likely N-dealkylation sites (tertiary alicyclic amines) is 1. The summed E-state index contributed by atoms with van der Waals surface area (Å²) in [5.41, 5.74) is 0.901. The lowest BCUT2D eigenvalue weighted by Crippen LogP contribution is -2.40. The van der Waals surface area contributed by atoms with E-state index in [4.69, 9.17) is 11.6 Å². The predicted octanol–water partition coefficient (Wildman–Crippen LogP) is 3.44. The van der Waals surface area contributed by atoms with Gasteiger partial charge in [-0.1, -0.05) is 18.0 Å². The second-order valence-electron chi connectivity index (χ2n) is 5.25. The van der Waals surface area contributed by atoms with Crippen LogP contribution in [0.3, 0.4) is 0 Å². The monoisotopic (exact) mass is 284 g/mol. The second-order valence-corrected chi connectivity index (χ2v) is 5.66. The number of piperidine rings is 1. The predicted molar refractivity (Wildman–Crippen MR) is 78.0 cm³/mol. The van der Waals surface area contributed by atoms with Crippen molar-refractivity contribution in [2.24, 2.45) is 0 Å². The normalized spacial score (nSPS) is 20.7. The van der Waals surface area contributed by atoms with Crippen LogP contribution in [0.5, 0.6) is 0 Å². The molecule has 1 aliphatic rings. The summed E-state index contributed by atoms with van der Waals surface area (Å²) in [6, 6.07) is 5.21. The van der Waals surface area contributed by atoms with Crippen molar-refractivity contribution in [3.05, 3.63) is 34.6 Å². The van der Waals surface area contributed by atoms with Crippen LogP contribution in [-0.4, -0.2) is 31.1 Å². The molecule has 1 fully saturated rings. The van der Waals surface area contributed by atoms with Gasteiger partial charge in [0.05, 0.1) is 0 Å². The summed E-state index contributed by atoms with van der Waals surface area (Å²) in [5, 5.41) is 3.87. The van der Waals surface area contributed by atoms with Crippen LogP contribution in [0.4, 0.5) is 4.39 Å². The molecule has 4 heteroatoms. The molecule has 1 aliphatic heterocycles. The summed E-state index contributed by atoms with van der Waals surface area (Å²) in [6.45, 7) is 2.87. The lowest BCUT2D eigenvalue weighted by Gasteiger charge is -2.36. The van der Waals surface area contributed by atoms with Crippen molar-refractivity contribution in [3.8, 4) is 0 Å². The fraction of sp³-hybridized carbons (Fsp3) is 0.600. The Balaban J connectivity index is 2.04. The van der Waals surface area contributed by atoms with Crippen LogP contribution in [0.25, 0.3) is 0 Å². The van der Waals surface area contributed by atoms with Gasteiger partial charge in [-0.15, -0.1) is 0 Å². The first-order valence-corrected chi connectivity index (χ1v) is 7.41. The maximum absolute atomic E-state index is 13.3. The minimum Gasteiger partial charge on any atom is -0.320 e. The molecule has 1 unspecified atom stereocenters. The Morgan fingerprint density at radius 2 is 2.26 bits per heavy atom. The molecule has 0 saturated carbocycles. The molecule has 106 valence electrons. The summed E-state index contributed by atoms with van der Waals surface area (Å²) in [5.74, 6) is -0.205. The molecule has 0 aliphatic carbocycles. The molecular weight excluding hydrogens is 263 g/mol. The molecule has 2 nitrogen and oxygen atoms in total. The van der Waals surface area contributed by atoms with Crippen molar-refractivity contribution >= 4 is 11.6 Å². The maximum Gasteiger partial charge on any atom is 0.123 e. The van der Waals surface area contributed by atoms with Crippen LogP contribution in [0.2, 0.25) is 5.02 Å². The Morgan fingerprint density at radius 1 is 1.42 bits per heavy atom. The largest absolute Gasteiger partial charge is 0.320 e. The van der Waals surface area contributed by atoms with Crippen LogP contribution < -0.4 is 5.32 Å². The van der Waals surface area contributed by atoms with Gasteiger partial charge in [0.25, 0.3) is 0 Å². The van der Waals surface area contributed by atoms with Crippen molar-refractivity contribution in [2.45, 2.75) is 38.3 Å². The third-order valence-electron chi connectivity index (χ3n) is 3.86. The SMILES string of the molecule is CNCCC1CCCCN1Cc1cc(F)ccc1Cl. The van der Waals surface area contributed by atoms with Gasteiger partial charge in [0, 0.05) is 17.6 Å². The van der Waals surface area contributed by atoms with E-state index in [0.29, 0.717) is 11.1 Å². The van der Waals surface area contributed by atoms with Crippen molar-refractivity contribution < 1.29 is 4.39 Å². The highest BCUT2D eigenvalue weighted by molar-refractivity contribution is 6.31. The Morgan fingerprint density at radius 3 is 3.05 bits per heavy atom. The topological polar surface area (TPSA) is 15.3 Å². The molecule has 1 saturated heterocycles. The molecule has 2 rings (SSSR count). The molecule has 0 aromatic heterocycles. The molecule has 0 spiro atoms. The minimum absolute atomic E-state index is 0.205. The van der Waals surface area contributed by atoms with E-state index in [2.05, 4.69) is 10.2 Å². The zero-order valence-corrected chi connectivity index (χ0v) is 12.2. The van der Waals surface area contributed by atoms with E-state index in [1.54, 1.807) is 12.1 Å². The lowest BCUT2D eigenvalue weighted by atomic mass is 9.98. The Kier molecular flexibility index (Phi) is 5.61. The van der Waals surface area contributed by atoms with Crippen molar-refractivity contribution in [1.29, 1.82) is 0 Å². The summed E-state index contributed by atoms with van der Waals surface area (Å²) in [4.78, 5) is 2.45. The van der Waals surface area contributed by atoms with Crippen LogP contribution in [0.1, 0.15) is 31.2 Å². The highest BCUT2D eigenvalue weighted by atomic mass is 35.5. The fourth-order valence-corrected chi connectivity index (χ4v) is 2.97. The quantitative estimate of drug-likeness (QED) is 0.891. The molecular formula is C15H22ClFN2. The van der Waals surface area contributed by atoms with Crippen molar-refractivity contribution in [2.75, 3.05) is 20.1 Å². The maximum atomic E-state index is 13.3. The van der Waals surface area contributed by atoms with E-state index in [1.165, 1.54) is 25.3 Å². The Labute approximate surface area is 119 Å². The lowest BCUT2D eigenvalue weighted by molar-refractivity contribution is 0.132. The van der Waals surface area contributed by atoms with Gasteiger partial charge < -0.3 is 5.32 Å². The van der Waals surface area contributed by atoms with E-state index in [0.717, 1.165) is 31.6 Å². The second kappa shape index (κ2) is 7.22. The number of nitrogens with zero attached hydrogens (tertiary/aromatic N) is 1. The molecule has 19 heavy (non-hydrogen) atoms. The molecule has 1 atom stereocenters. The van der Waals surface area contributed by atoms with Crippen LogP contribution in [0.15, 0.2) is 18.2 Å². The van der Waals surface area contributed by atoms with E-state index < -0.39 is 0 Å². The molecule has 1 aromatic carbocycles. The molecule has 1 N–H and O–H groups in total. The number of benzene rings is 1. The average molecular weight is 285 g/mol. The van der Waals surface area contributed by atoms with Crippen LogP contribution >= 0.6 is 11.6 Å². The molecule has 1 aromatic rings. The van der Waals surface area contributed by atoms with Gasteiger partial charge in [0.2, 0.25) is 0 Å². The first-order valence-electron chi connectivity index (χ1n) is 7.03. The number of rotatable bonds is 5. The first kappa shape index (κ1) is 14.8. The Hall–Kier alpha value is -0.640. The number of hydrogen-bond acceptors (Lipinski definition) is 2. The van der Waals surface area contributed by atoms with E-state index in [9.17, 15) is 4.39 Å². The fourth-order valence-electron chi connectivity index (χ4n) is 2.79. The van der Waals surface area contributed by atoms with Gasteiger partial charge in [-0.3, -0.25) is 4.90 Å². The summed E-state index contributed by atoms with van der Waals surface area (Å²) in [6.07, 6.45) is 4.89. The zero-order chi connectivity index (χ0) is 13.7. The summed E-state index contributed by atoms with van der Waals surface area (Å²) >= 11 is 6.16. The van der Waals surface area contributed by atoms with Crippen molar-refractivity contribution in [3.63, 3.8) is 0 Å². The molecule has 0 amide bonds. The third-order valence-corrected chi connectivity index (χ3v) is 4.23. The standard InChI is InChI=1S/C15H22ClFN2/c1-18-8-7-14-4-2-3-9-19(14)11-12-10-13(17)5-6-15(12)16/h5-6,10,14,18H,2-4,7-9,11H2,1H3. The number of hydrogen-bond donors (Lipinski definition) is 1. The zero-order valence-electron chi connectivity index (χ0n) is 11.5. The number of nitrogens with one attached hydrogen (secondary N) is 1. The first-order chi connectivity index (χ1) is 9.20.